The van der Waals surface area contributed by atoms with E-state index >= 15 is 0 Å². The molecule has 5 heteroatoms. The Morgan fingerprint density at radius 3 is 2.00 bits per heavy atom. The maximum Gasteiger partial charge on any atom is 0.246 e. The number of primary amides is 1. The van der Waals surface area contributed by atoms with Crippen molar-refractivity contribution in [1.29, 1.82) is 0 Å². The van der Waals surface area contributed by atoms with Crippen LogP contribution in [0, 0.1) is 0 Å². The van der Waals surface area contributed by atoms with E-state index in [2.05, 4.69) is 10.6 Å². The summed E-state index contributed by atoms with van der Waals surface area (Å²) < 4.78 is 4.94. The van der Waals surface area contributed by atoms with Crippen LogP contribution in [0.1, 0.15) is 12.8 Å². The predicted molar refractivity (Wildman–Crippen MR) is 53.9 cm³/mol. The fraction of sp³-hybridized carbons (Fsp3) is 0.889. The van der Waals surface area contributed by atoms with Crippen LogP contribution < -0.4 is 16.4 Å². The summed E-state index contributed by atoms with van der Waals surface area (Å²) in [6.07, 6.45) is 1.47. The van der Waals surface area contributed by atoms with E-state index in [1.54, 1.807) is 0 Å². The Bertz CT molecular complexity index is 154. The minimum Gasteiger partial charge on any atom is -0.368 e. The maximum atomic E-state index is 10.3. The van der Waals surface area contributed by atoms with Gasteiger partial charge in [0.2, 0.25) is 5.91 Å². The minimum atomic E-state index is -0.331. The number of ether oxygens (including phenoxy) is 1. The molecule has 0 radical (unpaired) electrons. The third kappa shape index (κ3) is 4.55. The Labute approximate surface area is 84.4 Å². The van der Waals surface area contributed by atoms with Crippen LogP contribution in [-0.4, -0.2) is 44.8 Å². The molecule has 0 aromatic carbocycles. The molecule has 4 N–H and O–H groups in total. The molecule has 2 aliphatic rings. The molecule has 0 bridgehead atoms. The van der Waals surface area contributed by atoms with Crippen LogP contribution in [0.3, 0.4) is 0 Å². The van der Waals surface area contributed by atoms with Crippen LogP contribution in [0.2, 0.25) is 0 Å². The van der Waals surface area contributed by atoms with Gasteiger partial charge in [-0.15, -0.1) is 0 Å². The third-order valence-electron chi connectivity index (χ3n) is 2.20. The zero-order chi connectivity index (χ0) is 10.2. The third-order valence-corrected chi connectivity index (χ3v) is 2.20. The van der Waals surface area contributed by atoms with Crippen LogP contribution >= 0.6 is 0 Å². The van der Waals surface area contributed by atoms with Crippen molar-refractivity contribution in [3.63, 3.8) is 0 Å². The first-order valence-corrected chi connectivity index (χ1v) is 5.13. The number of amides is 1. The monoisotopic (exact) mass is 201 g/mol. The van der Waals surface area contributed by atoms with Crippen LogP contribution in [0.25, 0.3) is 0 Å². The number of carbonyl (C=O) groups excluding carboxylic acids is 1. The topological polar surface area (TPSA) is 76.4 Å². The fourth-order valence-electron chi connectivity index (χ4n) is 1.41. The predicted octanol–water partition coefficient (Wildman–Crippen LogP) is -1.17. The van der Waals surface area contributed by atoms with Crippen molar-refractivity contribution in [3.8, 4) is 0 Å². The van der Waals surface area contributed by atoms with Gasteiger partial charge in [-0.25, -0.2) is 0 Å². The number of piperazine rings is 1. The fourth-order valence-corrected chi connectivity index (χ4v) is 1.41. The highest BCUT2D eigenvalue weighted by Crippen LogP contribution is 2.10. The second-order valence-electron chi connectivity index (χ2n) is 3.40. The van der Waals surface area contributed by atoms with Crippen LogP contribution in [-0.2, 0) is 9.53 Å². The lowest BCUT2D eigenvalue weighted by Crippen LogP contribution is -2.39. The van der Waals surface area contributed by atoms with Gasteiger partial charge in [0, 0.05) is 32.8 Å². The van der Waals surface area contributed by atoms with E-state index < -0.39 is 0 Å². The van der Waals surface area contributed by atoms with Gasteiger partial charge in [0.15, 0.2) is 0 Å². The van der Waals surface area contributed by atoms with Crippen molar-refractivity contribution >= 4 is 5.91 Å². The minimum absolute atomic E-state index is 0.296. The van der Waals surface area contributed by atoms with Gasteiger partial charge in [0.05, 0.1) is 0 Å². The Hall–Kier alpha value is -0.650. The molecule has 1 amide bonds. The summed E-state index contributed by atoms with van der Waals surface area (Å²) in [6, 6.07) is 0. The summed E-state index contributed by atoms with van der Waals surface area (Å²) in [6.45, 7) is 5.24. The number of nitrogens with two attached hydrogens (primary N) is 1. The van der Waals surface area contributed by atoms with Gasteiger partial charge in [-0.05, 0) is 12.8 Å². The average Bonchev–Trinajstić information content (AvgIpc) is 2.74. The Morgan fingerprint density at radius 2 is 1.79 bits per heavy atom. The first-order valence-electron chi connectivity index (χ1n) is 5.13. The molecular weight excluding hydrogens is 182 g/mol. The molecule has 2 heterocycles. The highest BCUT2D eigenvalue weighted by molar-refractivity contribution is 5.78. The second-order valence-corrected chi connectivity index (χ2v) is 3.40. The van der Waals surface area contributed by atoms with Crippen molar-refractivity contribution in [2.45, 2.75) is 18.9 Å². The van der Waals surface area contributed by atoms with E-state index in [-0.39, 0.29) is 12.0 Å². The van der Waals surface area contributed by atoms with E-state index in [1.165, 1.54) is 0 Å². The SMILES string of the molecule is C1CNCCN1.NC(=O)C1CCCO1. The smallest absolute Gasteiger partial charge is 0.246 e. The van der Waals surface area contributed by atoms with E-state index in [4.69, 9.17) is 10.5 Å². The van der Waals surface area contributed by atoms with Crippen molar-refractivity contribution in [2.75, 3.05) is 32.8 Å². The highest BCUT2D eigenvalue weighted by atomic mass is 16.5. The Morgan fingerprint density at radius 1 is 1.21 bits per heavy atom. The quantitative estimate of drug-likeness (QED) is 0.499. The molecule has 0 spiro atoms. The molecule has 0 aromatic rings. The summed E-state index contributed by atoms with van der Waals surface area (Å²) >= 11 is 0. The van der Waals surface area contributed by atoms with Crippen molar-refractivity contribution in [3.05, 3.63) is 0 Å². The molecule has 2 saturated heterocycles. The molecule has 1 atom stereocenters. The van der Waals surface area contributed by atoms with E-state index in [1.807, 2.05) is 0 Å². The van der Waals surface area contributed by atoms with Gasteiger partial charge < -0.3 is 21.1 Å². The second kappa shape index (κ2) is 6.75. The van der Waals surface area contributed by atoms with Crippen LogP contribution in [0.5, 0.6) is 0 Å². The summed E-state index contributed by atoms with van der Waals surface area (Å²) in [4.78, 5) is 10.3. The summed E-state index contributed by atoms with van der Waals surface area (Å²) in [7, 11) is 0. The molecule has 0 saturated carbocycles. The van der Waals surface area contributed by atoms with Gasteiger partial charge in [0.25, 0.3) is 0 Å². The molecule has 14 heavy (non-hydrogen) atoms. The number of rotatable bonds is 1. The molecule has 82 valence electrons. The molecule has 1 unspecified atom stereocenters. The number of nitrogens with one attached hydrogen (secondary N) is 2. The summed E-state index contributed by atoms with van der Waals surface area (Å²) in [5, 5.41) is 6.44. The van der Waals surface area contributed by atoms with E-state index in [9.17, 15) is 4.79 Å². The van der Waals surface area contributed by atoms with Gasteiger partial charge in [0.1, 0.15) is 6.10 Å². The zero-order valence-electron chi connectivity index (χ0n) is 8.42. The first kappa shape index (κ1) is 11.4. The summed E-state index contributed by atoms with van der Waals surface area (Å²) in [5.74, 6) is -0.331. The average molecular weight is 201 g/mol. The molecular formula is C9H19N3O2. The lowest BCUT2D eigenvalue weighted by molar-refractivity contribution is -0.126. The van der Waals surface area contributed by atoms with E-state index in [0.717, 1.165) is 39.0 Å². The number of hydrogen-bond acceptors (Lipinski definition) is 4. The molecule has 2 fully saturated rings. The van der Waals surface area contributed by atoms with Crippen molar-refractivity contribution < 1.29 is 9.53 Å². The van der Waals surface area contributed by atoms with Gasteiger partial charge in [-0.1, -0.05) is 0 Å². The van der Waals surface area contributed by atoms with E-state index in [0.29, 0.717) is 6.61 Å². The lowest BCUT2D eigenvalue weighted by atomic mass is 10.2. The van der Waals surface area contributed by atoms with Crippen molar-refractivity contribution in [2.24, 2.45) is 5.73 Å². The molecule has 0 aliphatic carbocycles. The summed E-state index contributed by atoms with van der Waals surface area (Å²) in [5.41, 5.74) is 4.93. The van der Waals surface area contributed by atoms with Gasteiger partial charge >= 0.3 is 0 Å². The highest BCUT2D eigenvalue weighted by Gasteiger charge is 2.19. The van der Waals surface area contributed by atoms with Crippen LogP contribution in [0.4, 0.5) is 0 Å². The van der Waals surface area contributed by atoms with Gasteiger partial charge in [-0.3, -0.25) is 4.79 Å². The zero-order valence-corrected chi connectivity index (χ0v) is 8.42. The normalized spacial score (nSPS) is 26.4. The molecule has 0 aromatic heterocycles. The maximum absolute atomic E-state index is 10.3. The largest absolute Gasteiger partial charge is 0.368 e. The molecule has 5 nitrogen and oxygen atoms in total. The standard InChI is InChI=1S/C5H9NO2.C4H10N2/c6-5(7)4-2-1-3-8-4;1-2-6-4-3-5-1/h4H,1-3H2,(H2,6,7);5-6H,1-4H2. The number of hydrogen-bond donors (Lipinski definition) is 3. The van der Waals surface area contributed by atoms with Gasteiger partial charge in [-0.2, -0.15) is 0 Å². The Balaban J connectivity index is 0.000000146. The number of carbonyl (C=O) groups is 1. The lowest BCUT2D eigenvalue weighted by Gasteiger charge is -2.11. The molecule has 2 rings (SSSR count). The van der Waals surface area contributed by atoms with Crippen LogP contribution in [0.15, 0.2) is 0 Å². The van der Waals surface area contributed by atoms with Crippen molar-refractivity contribution in [1.82, 2.24) is 10.6 Å². The Kier molecular flexibility index (Phi) is 5.51. The molecule has 2 aliphatic heterocycles. The first-order chi connectivity index (χ1) is 6.80.